The molecule has 20 heavy (non-hydrogen) atoms. The number of nitrogens with one attached hydrogen (secondary N) is 1. The first-order chi connectivity index (χ1) is 9.50. The number of benzene rings is 1. The molecular formula is C15H22ClNO2S. The highest BCUT2D eigenvalue weighted by Crippen LogP contribution is 2.28. The maximum absolute atomic E-state index is 11.7. The van der Waals surface area contributed by atoms with Crippen LogP contribution in [-0.4, -0.2) is 33.0 Å². The van der Waals surface area contributed by atoms with Gasteiger partial charge in [0.1, 0.15) is 0 Å². The molecule has 1 saturated heterocycles. The van der Waals surface area contributed by atoms with Crippen molar-refractivity contribution in [3.8, 4) is 0 Å². The van der Waals surface area contributed by atoms with Crippen molar-refractivity contribution in [3.63, 3.8) is 0 Å². The zero-order valence-electron chi connectivity index (χ0n) is 11.8. The van der Waals surface area contributed by atoms with Gasteiger partial charge in [0.25, 0.3) is 0 Å². The average molecular weight is 316 g/mol. The van der Waals surface area contributed by atoms with Crippen LogP contribution in [0.5, 0.6) is 0 Å². The van der Waals surface area contributed by atoms with E-state index >= 15 is 0 Å². The van der Waals surface area contributed by atoms with Crippen molar-refractivity contribution in [2.24, 2.45) is 11.8 Å². The Kier molecular flexibility index (Phi) is 5.47. The third kappa shape index (κ3) is 4.47. The maximum Gasteiger partial charge on any atom is 0.150 e. The van der Waals surface area contributed by atoms with Gasteiger partial charge in [-0.25, -0.2) is 8.42 Å². The van der Waals surface area contributed by atoms with Gasteiger partial charge in [-0.1, -0.05) is 30.7 Å². The molecule has 1 aromatic carbocycles. The Bertz CT molecular complexity index is 545. The SMILES string of the molecule is CCNCC(Cc1cccc(Cl)c1)C1CCS(=O)(=O)C1. The number of rotatable bonds is 6. The molecule has 1 aliphatic heterocycles. The fourth-order valence-electron chi connectivity index (χ4n) is 2.90. The van der Waals surface area contributed by atoms with Gasteiger partial charge in [-0.2, -0.15) is 0 Å². The first-order valence-electron chi connectivity index (χ1n) is 7.16. The molecule has 2 unspecified atom stereocenters. The molecule has 0 amide bonds. The van der Waals surface area contributed by atoms with Gasteiger partial charge < -0.3 is 5.32 Å². The number of sulfone groups is 1. The number of halogens is 1. The summed E-state index contributed by atoms with van der Waals surface area (Å²) in [6, 6.07) is 7.86. The summed E-state index contributed by atoms with van der Waals surface area (Å²) < 4.78 is 23.4. The lowest BCUT2D eigenvalue weighted by molar-refractivity contribution is 0.346. The standard InChI is InChI=1S/C15H22ClNO2S/c1-2-17-10-14(13-6-7-20(18,19)11-13)8-12-4-3-5-15(16)9-12/h3-5,9,13-14,17H,2,6-8,10-11H2,1H3. The normalized spacial score (nSPS) is 22.8. The van der Waals surface area contributed by atoms with E-state index in [4.69, 9.17) is 11.6 Å². The predicted octanol–water partition coefficient (Wildman–Crippen LogP) is 2.54. The molecule has 2 atom stereocenters. The van der Waals surface area contributed by atoms with E-state index in [0.29, 0.717) is 17.4 Å². The monoisotopic (exact) mass is 315 g/mol. The number of hydrogen-bond acceptors (Lipinski definition) is 3. The fourth-order valence-corrected chi connectivity index (χ4v) is 5.03. The van der Waals surface area contributed by atoms with Gasteiger partial charge >= 0.3 is 0 Å². The first kappa shape index (κ1) is 15.8. The van der Waals surface area contributed by atoms with Crippen LogP contribution in [0, 0.1) is 11.8 Å². The summed E-state index contributed by atoms with van der Waals surface area (Å²) in [6.07, 6.45) is 1.67. The van der Waals surface area contributed by atoms with Gasteiger partial charge in [0.05, 0.1) is 11.5 Å². The Labute approximate surface area is 126 Å². The third-order valence-electron chi connectivity index (χ3n) is 3.98. The largest absolute Gasteiger partial charge is 0.317 e. The second-order valence-corrected chi connectivity index (χ2v) is 8.23. The van der Waals surface area contributed by atoms with Crippen molar-refractivity contribution < 1.29 is 8.42 Å². The van der Waals surface area contributed by atoms with Crippen LogP contribution in [0.2, 0.25) is 5.02 Å². The summed E-state index contributed by atoms with van der Waals surface area (Å²) in [7, 11) is -2.82. The van der Waals surface area contributed by atoms with Crippen molar-refractivity contribution in [1.29, 1.82) is 0 Å². The molecular weight excluding hydrogens is 294 g/mol. The van der Waals surface area contributed by atoms with E-state index in [9.17, 15) is 8.42 Å². The second kappa shape index (κ2) is 6.92. The van der Waals surface area contributed by atoms with Gasteiger partial charge in [0.2, 0.25) is 0 Å². The van der Waals surface area contributed by atoms with Crippen molar-refractivity contribution in [3.05, 3.63) is 34.9 Å². The smallest absolute Gasteiger partial charge is 0.150 e. The van der Waals surface area contributed by atoms with E-state index in [-0.39, 0.29) is 5.92 Å². The van der Waals surface area contributed by atoms with Crippen molar-refractivity contribution >= 4 is 21.4 Å². The molecule has 0 bridgehead atoms. The number of hydrogen-bond donors (Lipinski definition) is 1. The van der Waals surface area contributed by atoms with Crippen LogP contribution in [0.15, 0.2) is 24.3 Å². The molecule has 0 aliphatic carbocycles. The van der Waals surface area contributed by atoms with E-state index in [1.807, 2.05) is 18.2 Å². The third-order valence-corrected chi connectivity index (χ3v) is 6.01. The molecule has 3 nitrogen and oxygen atoms in total. The molecule has 1 heterocycles. The van der Waals surface area contributed by atoms with Gasteiger partial charge in [-0.05, 0) is 55.5 Å². The lowest BCUT2D eigenvalue weighted by Crippen LogP contribution is -2.30. The summed E-state index contributed by atoms with van der Waals surface area (Å²) in [5.41, 5.74) is 1.18. The predicted molar refractivity (Wildman–Crippen MR) is 84.0 cm³/mol. The van der Waals surface area contributed by atoms with Gasteiger partial charge in [-0.3, -0.25) is 0 Å². The molecule has 1 fully saturated rings. The van der Waals surface area contributed by atoms with E-state index < -0.39 is 9.84 Å². The molecule has 1 aromatic rings. The van der Waals surface area contributed by atoms with Crippen LogP contribution in [-0.2, 0) is 16.3 Å². The Morgan fingerprint density at radius 2 is 2.25 bits per heavy atom. The van der Waals surface area contributed by atoms with Crippen LogP contribution < -0.4 is 5.32 Å². The van der Waals surface area contributed by atoms with Crippen LogP contribution in [0.25, 0.3) is 0 Å². The summed E-state index contributed by atoms with van der Waals surface area (Å²) in [5.74, 6) is 1.29. The zero-order chi connectivity index (χ0) is 14.6. The minimum atomic E-state index is -2.82. The maximum atomic E-state index is 11.7. The summed E-state index contributed by atoms with van der Waals surface area (Å²) >= 11 is 6.03. The second-order valence-electron chi connectivity index (χ2n) is 5.56. The van der Waals surface area contributed by atoms with Gasteiger partial charge in [0.15, 0.2) is 9.84 Å². The Balaban J connectivity index is 2.07. The molecule has 1 N–H and O–H groups in total. The molecule has 112 valence electrons. The van der Waals surface area contributed by atoms with Crippen molar-refractivity contribution in [2.75, 3.05) is 24.6 Å². The van der Waals surface area contributed by atoms with E-state index in [1.54, 1.807) is 0 Å². The highest BCUT2D eigenvalue weighted by molar-refractivity contribution is 7.91. The Hall–Kier alpha value is -0.580. The molecule has 1 aliphatic rings. The van der Waals surface area contributed by atoms with E-state index in [1.165, 1.54) is 5.56 Å². The highest BCUT2D eigenvalue weighted by Gasteiger charge is 2.33. The summed E-state index contributed by atoms with van der Waals surface area (Å²) in [5, 5.41) is 4.10. The lowest BCUT2D eigenvalue weighted by atomic mass is 9.86. The van der Waals surface area contributed by atoms with Gasteiger partial charge in [0, 0.05) is 5.02 Å². The van der Waals surface area contributed by atoms with E-state index in [2.05, 4.69) is 18.3 Å². The Morgan fingerprint density at radius 3 is 2.85 bits per heavy atom. The molecule has 0 aromatic heterocycles. The van der Waals surface area contributed by atoms with Crippen LogP contribution in [0.1, 0.15) is 18.9 Å². The quantitative estimate of drug-likeness (QED) is 0.877. The van der Waals surface area contributed by atoms with Crippen LogP contribution in [0.3, 0.4) is 0 Å². The average Bonchev–Trinajstić information content (AvgIpc) is 2.75. The van der Waals surface area contributed by atoms with Crippen molar-refractivity contribution in [2.45, 2.75) is 19.8 Å². The van der Waals surface area contributed by atoms with Crippen LogP contribution >= 0.6 is 11.6 Å². The summed E-state index contributed by atoms with van der Waals surface area (Å²) in [6.45, 7) is 3.84. The topological polar surface area (TPSA) is 46.2 Å². The minimum absolute atomic E-state index is 0.262. The molecule has 5 heteroatoms. The van der Waals surface area contributed by atoms with Crippen molar-refractivity contribution in [1.82, 2.24) is 5.32 Å². The molecule has 0 saturated carbocycles. The van der Waals surface area contributed by atoms with Crippen LogP contribution in [0.4, 0.5) is 0 Å². The lowest BCUT2D eigenvalue weighted by Gasteiger charge is -2.23. The molecule has 0 spiro atoms. The first-order valence-corrected chi connectivity index (χ1v) is 9.35. The fraction of sp³-hybridized carbons (Fsp3) is 0.600. The van der Waals surface area contributed by atoms with Gasteiger partial charge in [-0.15, -0.1) is 0 Å². The molecule has 2 rings (SSSR count). The highest BCUT2D eigenvalue weighted by atomic mass is 35.5. The van der Waals surface area contributed by atoms with E-state index in [0.717, 1.165) is 31.0 Å². The minimum Gasteiger partial charge on any atom is -0.317 e. The zero-order valence-corrected chi connectivity index (χ0v) is 13.4. The molecule has 0 radical (unpaired) electrons. The Morgan fingerprint density at radius 1 is 1.45 bits per heavy atom. The summed E-state index contributed by atoms with van der Waals surface area (Å²) in [4.78, 5) is 0.